The standard InChI is InChI=1S/C84H92N4O4/c1-81(2,3)71-49-63-45-67-53-73(83(7,8)9)55-69-47-65-51-72(82(4,5)6)52-66(78(65)90)48-70-56-74(84(10,11)12)54-68(46-64(50-71)77(63)89)80(70)92-44-16-14-34-86-37-27-60(28-38-86)62-31-41-88(42-32-62)76-23-19-58(20-24-76)57-17-21-75(22-18-57)87-39-29-61(30-40-87)59-25-35-85(36-26-59)33-13-15-43-91-79(67)69/h17-32,35-42,49-56H,13-16,33-34,43-48H2,1-12H3/q+2/p+2. The number of phenolic OH excluding ortho intramolecular Hbond substituents is 2. The first-order valence-electron chi connectivity index (χ1n) is 33.4. The Bertz CT molecular complexity index is 3900. The molecule has 0 fully saturated rings. The van der Waals surface area contributed by atoms with Crippen molar-refractivity contribution in [3.05, 3.63) is 262 Å². The number of aryl methyl sites for hydroxylation is 2. The third-order valence-corrected chi connectivity index (χ3v) is 18.9. The quantitative estimate of drug-likeness (QED) is 0.148. The molecule has 10 aromatic rings. The number of nitrogens with zero attached hydrogens (tertiary/aromatic N) is 4. The van der Waals surface area contributed by atoms with Gasteiger partial charge in [0.2, 0.25) is 11.4 Å². The number of aromatic nitrogens is 4. The van der Waals surface area contributed by atoms with Crippen LogP contribution in [0.5, 0.6) is 23.0 Å². The molecule has 4 aromatic heterocycles. The summed E-state index contributed by atoms with van der Waals surface area (Å²) in [6.45, 7) is 29.9. The third-order valence-electron chi connectivity index (χ3n) is 18.9. The van der Waals surface area contributed by atoms with Gasteiger partial charge in [-0.2, -0.15) is 9.13 Å². The molecule has 0 saturated carbocycles. The molecule has 2 N–H and O–H groups in total. The maximum absolute atomic E-state index is 13.0. The van der Waals surface area contributed by atoms with Gasteiger partial charge in [0.05, 0.1) is 13.2 Å². The molecular weight excluding hydrogens is 1130 g/mol. The Hall–Kier alpha value is -8.88. The van der Waals surface area contributed by atoms with Crippen LogP contribution in [-0.2, 0) is 60.4 Å². The second-order valence-electron chi connectivity index (χ2n) is 30.1. The average Bonchev–Trinajstić information content (AvgIpc) is 0.788. The molecule has 0 unspecified atom stereocenters. The number of pyridine rings is 4. The van der Waals surface area contributed by atoms with Crippen molar-refractivity contribution in [2.24, 2.45) is 0 Å². The highest BCUT2D eigenvalue weighted by molar-refractivity contribution is 5.66. The van der Waals surface area contributed by atoms with Crippen LogP contribution in [0, 0.1) is 0 Å². The number of benzene rings is 6. The number of rotatable bonds is 0. The van der Waals surface area contributed by atoms with Gasteiger partial charge in [0, 0.05) is 111 Å². The molecule has 0 saturated heterocycles. The van der Waals surface area contributed by atoms with E-state index in [4.69, 9.17) is 9.47 Å². The van der Waals surface area contributed by atoms with Gasteiger partial charge in [0.25, 0.3) is 0 Å². The fraction of sp³-hybridized carbons (Fsp3) is 0.333. The molecule has 18 heterocycles. The molecule has 1 aliphatic carbocycles. The molecule has 0 spiro atoms. The van der Waals surface area contributed by atoms with E-state index in [-0.39, 0.29) is 21.7 Å². The van der Waals surface area contributed by atoms with Crippen LogP contribution < -0.4 is 27.7 Å². The van der Waals surface area contributed by atoms with Gasteiger partial charge in [0.1, 0.15) is 36.1 Å². The van der Waals surface area contributed by atoms with E-state index in [0.717, 1.165) is 128 Å². The zero-order valence-electron chi connectivity index (χ0n) is 56.5. The lowest BCUT2D eigenvalue weighted by atomic mass is 9.79. The number of hydrogen-bond acceptors (Lipinski definition) is 4. The number of phenols is 2. The summed E-state index contributed by atoms with van der Waals surface area (Å²) in [5, 5.41) is 25.9. The zero-order valence-corrected chi connectivity index (χ0v) is 56.5. The Morgan fingerprint density at radius 1 is 0.293 bits per heavy atom. The Kier molecular flexibility index (Phi) is 17.6. The second kappa shape index (κ2) is 25.7. The summed E-state index contributed by atoms with van der Waals surface area (Å²) in [6.07, 6.45) is 22.7. The van der Waals surface area contributed by atoms with E-state index in [2.05, 4.69) is 297 Å². The van der Waals surface area contributed by atoms with Gasteiger partial charge in [-0.1, -0.05) is 132 Å². The lowest BCUT2D eigenvalue weighted by Gasteiger charge is -2.28. The Morgan fingerprint density at radius 3 is 0.793 bits per heavy atom. The Balaban J connectivity index is 0.940. The fourth-order valence-corrected chi connectivity index (χ4v) is 13.0. The van der Waals surface area contributed by atoms with Gasteiger partial charge in [-0.05, 0) is 159 Å². The van der Waals surface area contributed by atoms with Crippen molar-refractivity contribution >= 4 is 0 Å². The van der Waals surface area contributed by atoms with Gasteiger partial charge in [-0.25, -0.2) is 9.13 Å². The van der Waals surface area contributed by atoms with E-state index in [0.29, 0.717) is 50.4 Å². The van der Waals surface area contributed by atoms with Crippen LogP contribution in [0.15, 0.2) is 195 Å². The summed E-state index contributed by atoms with van der Waals surface area (Å²) in [7, 11) is 0. The molecule has 15 aliphatic rings. The minimum absolute atomic E-state index is 0.202. The van der Waals surface area contributed by atoms with Crippen LogP contribution in [0.3, 0.4) is 0 Å². The van der Waals surface area contributed by atoms with Crippen molar-refractivity contribution in [1.29, 1.82) is 0 Å². The van der Waals surface area contributed by atoms with Gasteiger partial charge in [0.15, 0.2) is 49.6 Å². The molecule has 25 rings (SSSR count). The van der Waals surface area contributed by atoms with E-state index in [9.17, 15) is 10.2 Å². The average molecular weight is 1220 g/mol. The smallest absolute Gasteiger partial charge is 0.210 e. The molecule has 0 atom stereocenters. The maximum Gasteiger partial charge on any atom is 0.210 e. The zero-order chi connectivity index (χ0) is 64.7. The van der Waals surface area contributed by atoms with Crippen molar-refractivity contribution in [3.8, 4) is 67.8 Å². The van der Waals surface area contributed by atoms with Gasteiger partial charge in [-0.3, -0.25) is 0 Å². The van der Waals surface area contributed by atoms with E-state index in [1.54, 1.807) is 0 Å². The molecule has 8 heteroatoms. The summed E-state index contributed by atoms with van der Waals surface area (Å²) in [5.74, 6) is 2.28. The van der Waals surface area contributed by atoms with E-state index in [1.165, 1.54) is 33.4 Å². The predicted molar refractivity (Wildman–Crippen MR) is 371 cm³/mol. The third kappa shape index (κ3) is 14.3. The summed E-state index contributed by atoms with van der Waals surface area (Å²) >= 11 is 0. The van der Waals surface area contributed by atoms with Crippen LogP contribution in [0.25, 0.3) is 44.8 Å². The van der Waals surface area contributed by atoms with Gasteiger partial charge >= 0.3 is 0 Å². The molecule has 470 valence electrons. The molecular formula is C84H94N4O4+4. The van der Waals surface area contributed by atoms with Crippen LogP contribution in [0.4, 0.5) is 0 Å². The SMILES string of the molecule is CC(C)(C)c1cc2c(O)c(c1)Cc1cc(C(C)(C)C)cc3c1OCCCC[n+]1ccc(cc1)-c1cc[n+](cc1)-c1ccc(cc1)-c1ccc(cc1)-[n+]1ccc(cc1)-c1cc[n+](cc1)CCCCOc1c(cc(C(C)(C)C)cc1Cc1cc(C(C)(C)C)cc(c1O)C3)C2. The summed E-state index contributed by atoms with van der Waals surface area (Å²) in [4.78, 5) is 0. The molecule has 0 radical (unpaired) electrons. The first kappa shape index (κ1) is 63.3. The highest BCUT2D eigenvalue weighted by Crippen LogP contribution is 2.44. The molecule has 6 aromatic carbocycles. The monoisotopic (exact) mass is 1220 g/mol. The van der Waals surface area contributed by atoms with E-state index >= 15 is 0 Å². The molecule has 0 amide bonds. The van der Waals surface area contributed by atoms with Crippen molar-refractivity contribution < 1.29 is 38.0 Å². The van der Waals surface area contributed by atoms with Gasteiger partial charge in [-0.15, -0.1) is 0 Å². The predicted octanol–water partition coefficient (Wildman–Crippen LogP) is 17.1. The number of hydrogen-bond donors (Lipinski definition) is 2. The van der Waals surface area contributed by atoms with Crippen molar-refractivity contribution in [3.63, 3.8) is 0 Å². The topological polar surface area (TPSA) is 74.4 Å². The van der Waals surface area contributed by atoms with E-state index in [1.807, 2.05) is 0 Å². The number of ether oxygens (including phenoxy) is 2. The van der Waals surface area contributed by atoms with E-state index < -0.39 is 0 Å². The highest BCUT2D eigenvalue weighted by Gasteiger charge is 2.29. The molecule has 8 nitrogen and oxygen atoms in total. The highest BCUT2D eigenvalue weighted by atomic mass is 16.5. The van der Waals surface area contributed by atoms with Crippen molar-refractivity contribution in [2.45, 2.75) is 169 Å². The van der Waals surface area contributed by atoms with Crippen LogP contribution >= 0.6 is 0 Å². The van der Waals surface area contributed by atoms with Crippen molar-refractivity contribution in [2.75, 3.05) is 13.2 Å². The van der Waals surface area contributed by atoms with Crippen molar-refractivity contribution in [1.82, 2.24) is 0 Å². The van der Waals surface area contributed by atoms with Crippen LogP contribution in [-0.4, -0.2) is 23.4 Å². The largest absolute Gasteiger partial charge is 0.507 e. The first-order chi connectivity index (χ1) is 43.9. The lowest BCUT2D eigenvalue weighted by molar-refractivity contribution is -0.697. The summed E-state index contributed by atoms with van der Waals surface area (Å²) in [5.41, 5.74) is 20.7. The van der Waals surface area contributed by atoms with Crippen LogP contribution in [0.1, 0.15) is 176 Å². The number of fused-ring (bicyclic) bond motifs is 1. The first-order valence-corrected chi connectivity index (χ1v) is 33.4. The van der Waals surface area contributed by atoms with Crippen LogP contribution in [0.2, 0.25) is 0 Å². The second-order valence-corrected chi connectivity index (χ2v) is 30.1. The lowest BCUT2D eigenvalue weighted by Crippen LogP contribution is -2.32. The Morgan fingerprint density at radius 2 is 0.533 bits per heavy atom. The minimum atomic E-state index is -0.211. The fourth-order valence-electron chi connectivity index (χ4n) is 13.0. The molecule has 92 heavy (non-hydrogen) atoms. The molecule has 22 bridgehead atoms. The normalized spacial score (nSPS) is 14.3. The summed E-state index contributed by atoms with van der Waals surface area (Å²) < 4.78 is 23.2. The molecule has 14 aliphatic heterocycles. The summed E-state index contributed by atoms with van der Waals surface area (Å²) in [6, 6.07) is 53.3. The Labute approximate surface area is 547 Å². The maximum atomic E-state index is 13.0. The van der Waals surface area contributed by atoms with Gasteiger partial charge < -0.3 is 19.7 Å². The number of aromatic hydroxyl groups is 2. The minimum Gasteiger partial charge on any atom is -0.507 e.